The maximum atomic E-state index is 13.1. The third-order valence-electron chi connectivity index (χ3n) is 5.46. The van der Waals surface area contributed by atoms with Crippen LogP contribution in [0.1, 0.15) is 50.9 Å². The summed E-state index contributed by atoms with van der Waals surface area (Å²) >= 11 is 0. The van der Waals surface area contributed by atoms with E-state index in [1.54, 1.807) is 23.1 Å². The van der Waals surface area contributed by atoms with E-state index in [0.717, 1.165) is 6.54 Å². The number of amides is 4. The largest absolute Gasteiger partial charge is 0.355 e. The molecule has 0 radical (unpaired) electrons. The van der Waals surface area contributed by atoms with Crippen LogP contribution in [-0.4, -0.2) is 73.7 Å². The molecule has 1 aromatic carbocycles. The monoisotopic (exact) mass is 459 g/mol. The van der Waals surface area contributed by atoms with Gasteiger partial charge in [-0.15, -0.1) is 0 Å². The first-order valence-electron chi connectivity index (χ1n) is 11.3. The van der Waals surface area contributed by atoms with Gasteiger partial charge >= 0.3 is 0 Å². The highest BCUT2D eigenvalue weighted by Crippen LogP contribution is 2.24. The van der Waals surface area contributed by atoms with Crippen LogP contribution in [0.15, 0.2) is 18.2 Å². The minimum Gasteiger partial charge on any atom is -0.355 e. The molecule has 0 spiro atoms. The topological polar surface area (TPSA) is 111 Å². The van der Waals surface area contributed by atoms with Crippen molar-refractivity contribution >= 4 is 35.0 Å². The third kappa shape index (κ3) is 8.49. The Hall–Kier alpha value is -2.94. The van der Waals surface area contributed by atoms with Gasteiger partial charge in [-0.1, -0.05) is 13.8 Å². The number of anilines is 2. The number of nitrogens with zero attached hydrogens (tertiary/aromatic N) is 2. The van der Waals surface area contributed by atoms with Crippen LogP contribution in [0, 0.1) is 11.3 Å². The van der Waals surface area contributed by atoms with E-state index in [-0.39, 0.29) is 35.0 Å². The molecule has 0 unspecified atom stereocenters. The van der Waals surface area contributed by atoms with Crippen molar-refractivity contribution < 1.29 is 19.2 Å². The second-order valence-electron chi connectivity index (χ2n) is 9.85. The van der Waals surface area contributed by atoms with Crippen molar-refractivity contribution in [1.82, 2.24) is 15.1 Å². The fourth-order valence-electron chi connectivity index (χ4n) is 4.21. The molecule has 1 aromatic rings. The fraction of sp³-hybridized carbons (Fsp3) is 0.583. The van der Waals surface area contributed by atoms with E-state index in [1.165, 1.54) is 13.8 Å². The molecule has 9 heteroatoms. The molecule has 1 aliphatic heterocycles. The summed E-state index contributed by atoms with van der Waals surface area (Å²) in [6.07, 6.45) is 1.19. The Morgan fingerprint density at radius 1 is 0.970 bits per heavy atom. The van der Waals surface area contributed by atoms with Crippen LogP contribution in [0.4, 0.5) is 11.4 Å². The van der Waals surface area contributed by atoms with Crippen LogP contribution < -0.4 is 16.0 Å². The Kier molecular flexibility index (Phi) is 8.99. The van der Waals surface area contributed by atoms with Crippen LogP contribution in [0.5, 0.6) is 0 Å². The van der Waals surface area contributed by atoms with Gasteiger partial charge in [0.05, 0.1) is 0 Å². The molecule has 1 aliphatic rings. The summed E-state index contributed by atoms with van der Waals surface area (Å²) in [6.45, 7) is 9.42. The fourth-order valence-corrected chi connectivity index (χ4v) is 4.21. The molecule has 0 bridgehead atoms. The Morgan fingerprint density at radius 2 is 1.48 bits per heavy atom. The first-order valence-corrected chi connectivity index (χ1v) is 11.3. The van der Waals surface area contributed by atoms with Crippen LogP contribution >= 0.6 is 0 Å². The van der Waals surface area contributed by atoms with Crippen molar-refractivity contribution in [3.63, 3.8) is 0 Å². The molecule has 0 aliphatic carbocycles. The zero-order valence-corrected chi connectivity index (χ0v) is 20.6. The summed E-state index contributed by atoms with van der Waals surface area (Å²) in [6, 6.07) is 4.80. The Labute approximate surface area is 196 Å². The Morgan fingerprint density at radius 3 is 1.94 bits per heavy atom. The van der Waals surface area contributed by atoms with Crippen molar-refractivity contribution in [1.29, 1.82) is 0 Å². The predicted octanol–water partition coefficient (Wildman–Crippen LogP) is 2.16. The Balaban J connectivity index is 2.00. The van der Waals surface area contributed by atoms with E-state index in [9.17, 15) is 19.2 Å². The average Bonchev–Trinajstić information content (AvgIpc) is 2.69. The number of likely N-dealkylation sites (tertiary alicyclic amines) is 1. The molecule has 9 nitrogen and oxygen atoms in total. The number of piperidine rings is 1. The second-order valence-corrected chi connectivity index (χ2v) is 9.85. The maximum absolute atomic E-state index is 13.1. The van der Waals surface area contributed by atoms with Gasteiger partial charge in [-0.25, -0.2) is 0 Å². The highest BCUT2D eigenvalue weighted by molar-refractivity contribution is 6.00. The number of rotatable bonds is 8. The first kappa shape index (κ1) is 26.3. The van der Waals surface area contributed by atoms with E-state index < -0.39 is 0 Å². The van der Waals surface area contributed by atoms with Crippen molar-refractivity contribution in [3.8, 4) is 0 Å². The molecular formula is C24H37N5O4. The van der Waals surface area contributed by atoms with Crippen molar-refractivity contribution in [2.24, 2.45) is 11.3 Å². The normalized spacial score (nSPS) is 14.7. The Bertz CT molecular complexity index is 855. The quantitative estimate of drug-likeness (QED) is 0.552. The van der Waals surface area contributed by atoms with Crippen molar-refractivity contribution in [2.75, 3.05) is 50.9 Å². The standard InChI is InChI=1S/C24H37N5O4/c1-16(30)26-20-11-19(12-21(13-20)27-17(2)31)23(33)29-9-7-18(8-10-29)22(32)25-14-24(3,4)15-28(5)6/h11-13,18H,7-10,14-15H2,1-6H3,(H,25,32)(H,26,30)(H,27,31). The molecular weight excluding hydrogens is 422 g/mol. The first-order chi connectivity index (χ1) is 15.4. The highest BCUT2D eigenvalue weighted by Gasteiger charge is 2.29. The number of nitrogens with one attached hydrogen (secondary N) is 3. The molecule has 2 rings (SSSR count). The smallest absolute Gasteiger partial charge is 0.254 e. The molecule has 0 saturated carbocycles. The minimum atomic E-state index is -0.269. The van der Waals surface area contributed by atoms with E-state index in [1.807, 2.05) is 14.1 Å². The van der Waals surface area contributed by atoms with Crippen LogP contribution in [0.2, 0.25) is 0 Å². The van der Waals surface area contributed by atoms with E-state index >= 15 is 0 Å². The lowest BCUT2D eigenvalue weighted by Crippen LogP contribution is -2.46. The summed E-state index contributed by atoms with van der Waals surface area (Å²) in [5, 5.41) is 8.39. The van der Waals surface area contributed by atoms with Gasteiger partial charge in [-0.2, -0.15) is 0 Å². The molecule has 0 aromatic heterocycles. The summed E-state index contributed by atoms with van der Waals surface area (Å²) in [5.74, 6) is -0.818. The molecule has 1 heterocycles. The number of hydrogen-bond donors (Lipinski definition) is 3. The van der Waals surface area contributed by atoms with Gasteiger partial charge in [0.1, 0.15) is 0 Å². The maximum Gasteiger partial charge on any atom is 0.254 e. The van der Waals surface area contributed by atoms with E-state index in [0.29, 0.717) is 49.4 Å². The van der Waals surface area contributed by atoms with Gasteiger partial charge in [-0.05, 0) is 50.6 Å². The lowest BCUT2D eigenvalue weighted by Gasteiger charge is -2.33. The summed E-state index contributed by atoms with van der Waals surface area (Å²) in [7, 11) is 4.03. The molecule has 1 saturated heterocycles. The number of carbonyl (C=O) groups is 4. The molecule has 3 N–H and O–H groups in total. The van der Waals surface area contributed by atoms with Crippen LogP contribution in [0.3, 0.4) is 0 Å². The number of benzene rings is 1. The average molecular weight is 460 g/mol. The molecule has 33 heavy (non-hydrogen) atoms. The zero-order chi connectivity index (χ0) is 24.8. The molecule has 4 amide bonds. The van der Waals surface area contributed by atoms with Crippen molar-refractivity contribution in [2.45, 2.75) is 40.5 Å². The zero-order valence-electron chi connectivity index (χ0n) is 20.6. The van der Waals surface area contributed by atoms with Gasteiger partial charge in [-0.3, -0.25) is 19.2 Å². The van der Waals surface area contributed by atoms with Gasteiger partial charge in [0.15, 0.2) is 0 Å². The number of carbonyl (C=O) groups excluding carboxylic acids is 4. The lowest BCUT2D eigenvalue weighted by molar-refractivity contribution is -0.126. The van der Waals surface area contributed by atoms with Gasteiger partial charge in [0.2, 0.25) is 17.7 Å². The number of hydrogen-bond acceptors (Lipinski definition) is 5. The summed E-state index contributed by atoms with van der Waals surface area (Å²) in [4.78, 5) is 52.5. The van der Waals surface area contributed by atoms with Crippen LogP contribution in [0.25, 0.3) is 0 Å². The second kappa shape index (κ2) is 11.3. The third-order valence-corrected chi connectivity index (χ3v) is 5.46. The SMILES string of the molecule is CC(=O)Nc1cc(NC(C)=O)cc(C(=O)N2CCC(C(=O)NCC(C)(C)CN(C)C)CC2)c1. The summed E-state index contributed by atoms with van der Waals surface area (Å²) in [5.41, 5.74) is 1.22. The predicted molar refractivity (Wildman–Crippen MR) is 129 cm³/mol. The van der Waals surface area contributed by atoms with E-state index in [2.05, 4.69) is 34.7 Å². The molecule has 1 fully saturated rings. The molecule has 182 valence electrons. The van der Waals surface area contributed by atoms with Gasteiger partial charge < -0.3 is 25.8 Å². The highest BCUT2D eigenvalue weighted by atomic mass is 16.2. The van der Waals surface area contributed by atoms with Crippen LogP contribution in [-0.2, 0) is 14.4 Å². The van der Waals surface area contributed by atoms with Crippen molar-refractivity contribution in [3.05, 3.63) is 23.8 Å². The molecule has 0 atom stereocenters. The van der Waals surface area contributed by atoms with Gasteiger partial charge in [0, 0.05) is 62.9 Å². The summed E-state index contributed by atoms with van der Waals surface area (Å²) < 4.78 is 0. The lowest BCUT2D eigenvalue weighted by atomic mass is 9.91. The van der Waals surface area contributed by atoms with E-state index in [4.69, 9.17) is 0 Å². The minimum absolute atomic E-state index is 0.0274. The van der Waals surface area contributed by atoms with Gasteiger partial charge in [0.25, 0.3) is 5.91 Å².